The summed E-state index contributed by atoms with van der Waals surface area (Å²) >= 11 is 2.03. The first-order valence-electron chi connectivity index (χ1n) is 7.91. The molecule has 0 aliphatic rings. The summed E-state index contributed by atoms with van der Waals surface area (Å²) in [6.07, 6.45) is 0. The van der Waals surface area contributed by atoms with Gasteiger partial charge in [-0.25, -0.2) is 0 Å². The van der Waals surface area contributed by atoms with Crippen molar-refractivity contribution in [1.82, 2.24) is 0 Å². The van der Waals surface area contributed by atoms with E-state index in [1.807, 2.05) is 11.3 Å². The van der Waals surface area contributed by atoms with Crippen molar-refractivity contribution in [2.24, 2.45) is 0 Å². The second kappa shape index (κ2) is 4.84. The van der Waals surface area contributed by atoms with Gasteiger partial charge in [-0.1, -0.05) is 41.5 Å². The molecule has 1 heteroatoms. The summed E-state index contributed by atoms with van der Waals surface area (Å²) in [6, 6.07) is 0. The van der Waals surface area contributed by atoms with Gasteiger partial charge in [-0.05, 0) is 71.6 Å². The Hall–Kier alpha value is -0.820. The third-order valence-electron chi connectivity index (χ3n) is 4.71. The predicted octanol–water partition coefficient (Wildman–Crippen LogP) is 6.73. The van der Waals surface area contributed by atoms with Gasteiger partial charge < -0.3 is 0 Å². The van der Waals surface area contributed by atoms with Crippen molar-refractivity contribution >= 4 is 22.1 Å². The highest BCUT2D eigenvalue weighted by molar-refractivity contribution is 7.14. The van der Waals surface area contributed by atoms with Crippen LogP contribution in [0.2, 0.25) is 0 Å². The van der Waals surface area contributed by atoms with Gasteiger partial charge in [0, 0.05) is 9.75 Å². The number of fused-ring (bicyclic) bond motifs is 1. The normalized spacial score (nSPS) is 13.2. The number of thiophene rings is 1. The molecule has 0 spiro atoms. The number of rotatable bonds is 0. The van der Waals surface area contributed by atoms with Crippen molar-refractivity contribution in [2.75, 3.05) is 0 Å². The monoisotopic (exact) mass is 302 g/mol. The van der Waals surface area contributed by atoms with Gasteiger partial charge in [0.2, 0.25) is 0 Å². The molecule has 0 bridgehead atoms. The molecule has 1 heterocycles. The lowest BCUT2D eigenvalue weighted by molar-refractivity contribution is 0.604. The van der Waals surface area contributed by atoms with E-state index in [0.717, 1.165) is 0 Å². The zero-order valence-corrected chi connectivity index (χ0v) is 16.2. The second-order valence-corrected chi connectivity index (χ2v) is 9.53. The van der Waals surface area contributed by atoms with E-state index in [-0.39, 0.29) is 10.8 Å². The maximum atomic E-state index is 2.34. The van der Waals surface area contributed by atoms with Crippen molar-refractivity contribution in [1.29, 1.82) is 0 Å². The Morgan fingerprint density at radius 1 is 0.524 bits per heavy atom. The highest BCUT2D eigenvalue weighted by Crippen LogP contribution is 2.47. The highest BCUT2D eigenvalue weighted by atomic mass is 32.1. The second-order valence-electron chi connectivity index (χ2n) is 8.51. The van der Waals surface area contributed by atoms with Crippen molar-refractivity contribution in [2.45, 2.75) is 80.1 Å². The van der Waals surface area contributed by atoms with Crippen LogP contribution in [0, 0.1) is 27.7 Å². The van der Waals surface area contributed by atoms with E-state index in [1.54, 1.807) is 9.75 Å². The molecule has 2 rings (SSSR count). The molecule has 0 N–H and O–H groups in total. The molecule has 1 aromatic heterocycles. The number of benzene rings is 1. The van der Waals surface area contributed by atoms with Crippen molar-refractivity contribution < 1.29 is 0 Å². The molecule has 0 aliphatic heterocycles. The zero-order chi connectivity index (χ0) is 16.3. The van der Waals surface area contributed by atoms with E-state index < -0.39 is 0 Å². The molecule has 0 fully saturated rings. The van der Waals surface area contributed by atoms with E-state index in [4.69, 9.17) is 0 Å². The van der Waals surface area contributed by atoms with Gasteiger partial charge in [0.1, 0.15) is 0 Å². The van der Waals surface area contributed by atoms with Gasteiger partial charge in [-0.3, -0.25) is 0 Å². The van der Waals surface area contributed by atoms with Gasteiger partial charge in [-0.2, -0.15) is 0 Å². The fourth-order valence-corrected chi connectivity index (χ4v) is 4.67. The van der Waals surface area contributed by atoms with Crippen LogP contribution in [-0.2, 0) is 10.8 Å². The molecule has 116 valence electrons. The summed E-state index contributed by atoms with van der Waals surface area (Å²) in [6.45, 7) is 23.2. The lowest BCUT2D eigenvalue weighted by Gasteiger charge is -2.20. The van der Waals surface area contributed by atoms with Crippen LogP contribution in [0.4, 0.5) is 0 Å². The minimum atomic E-state index is 0.200. The third kappa shape index (κ3) is 2.54. The summed E-state index contributed by atoms with van der Waals surface area (Å²) < 4.78 is 0. The van der Waals surface area contributed by atoms with Crippen molar-refractivity contribution in [3.63, 3.8) is 0 Å². The molecule has 0 saturated heterocycles. The minimum Gasteiger partial charge on any atom is -0.143 e. The van der Waals surface area contributed by atoms with Crippen LogP contribution < -0.4 is 0 Å². The van der Waals surface area contributed by atoms with Gasteiger partial charge >= 0.3 is 0 Å². The lowest BCUT2D eigenvalue weighted by Crippen LogP contribution is -2.10. The van der Waals surface area contributed by atoms with Crippen LogP contribution in [0.5, 0.6) is 0 Å². The van der Waals surface area contributed by atoms with Crippen LogP contribution in [0.25, 0.3) is 10.8 Å². The first-order valence-corrected chi connectivity index (χ1v) is 8.72. The summed E-state index contributed by atoms with van der Waals surface area (Å²) in [4.78, 5) is 3.09. The van der Waals surface area contributed by atoms with E-state index in [0.29, 0.717) is 0 Å². The molecule has 0 saturated carbocycles. The molecule has 21 heavy (non-hydrogen) atoms. The van der Waals surface area contributed by atoms with Crippen LogP contribution in [0.1, 0.15) is 73.6 Å². The Morgan fingerprint density at radius 2 is 0.810 bits per heavy atom. The molecule has 0 unspecified atom stereocenters. The lowest BCUT2D eigenvalue weighted by atomic mass is 9.83. The quantitative estimate of drug-likeness (QED) is 0.506. The van der Waals surface area contributed by atoms with E-state index in [9.17, 15) is 0 Å². The zero-order valence-electron chi connectivity index (χ0n) is 15.4. The minimum absolute atomic E-state index is 0.200. The van der Waals surface area contributed by atoms with Crippen molar-refractivity contribution in [3.8, 4) is 0 Å². The average molecular weight is 303 g/mol. The Balaban J connectivity index is 3.11. The van der Waals surface area contributed by atoms with Crippen LogP contribution >= 0.6 is 11.3 Å². The maximum Gasteiger partial charge on any atom is 0.0183 e. The third-order valence-corrected chi connectivity index (χ3v) is 6.75. The molecule has 0 atom stereocenters. The van der Waals surface area contributed by atoms with E-state index in [1.165, 1.54) is 33.0 Å². The van der Waals surface area contributed by atoms with Gasteiger partial charge in [0.15, 0.2) is 0 Å². The fraction of sp³-hybridized carbons (Fsp3) is 0.600. The SMILES string of the molecule is Cc1c(C)c(C)c2c(C(C)(C)C)sc(C(C)(C)C)c2c1C. The molecule has 0 nitrogen and oxygen atoms in total. The van der Waals surface area contributed by atoms with Crippen molar-refractivity contribution in [3.05, 3.63) is 32.0 Å². The Kier molecular flexibility index (Phi) is 3.82. The summed E-state index contributed by atoms with van der Waals surface area (Å²) in [5, 5.41) is 3.05. The van der Waals surface area contributed by atoms with Gasteiger partial charge in [0.25, 0.3) is 0 Å². The summed E-state index contributed by atoms with van der Waals surface area (Å²) in [5.74, 6) is 0. The first-order chi connectivity index (χ1) is 9.37. The van der Waals surface area contributed by atoms with Gasteiger partial charge in [0.05, 0.1) is 0 Å². The Bertz CT molecular complexity index is 640. The van der Waals surface area contributed by atoms with E-state index in [2.05, 4.69) is 69.2 Å². The molecular formula is C20H30S. The predicted molar refractivity (Wildman–Crippen MR) is 98.2 cm³/mol. The number of hydrogen-bond donors (Lipinski definition) is 0. The maximum absolute atomic E-state index is 2.34. The molecule has 0 radical (unpaired) electrons. The van der Waals surface area contributed by atoms with Crippen LogP contribution in [0.15, 0.2) is 0 Å². The Labute approximate surface area is 134 Å². The molecule has 0 aliphatic carbocycles. The molecular weight excluding hydrogens is 272 g/mol. The van der Waals surface area contributed by atoms with Crippen LogP contribution in [-0.4, -0.2) is 0 Å². The number of aryl methyl sites for hydroxylation is 2. The van der Waals surface area contributed by atoms with Gasteiger partial charge in [-0.15, -0.1) is 11.3 Å². The standard InChI is InChI=1S/C20H30S/c1-11-12(2)14(4)16-15(13(11)3)17(19(5,6)7)21-18(16)20(8,9)10/h1-10H3. The fourth-order valence-electron chi connectivity index (χ4n) is 3.14. The average Bonchev–Trinajstić information content (AvgIpc) is 2.73. The smallest absolute Gasteiger partial charge is 0.0183 e. The van der Waals surface area contributed by atoms with E-state index >= 15 is 0 Å². The largest absolute Gasteiger partial charge is 0.143 e. The summed E-state index contributed by atoms with van der Waals surface area (Å²) in [7, 11) is 0. The first kappa shape index (κ1) is 16.5. The molecule has 2 aromatic rings. The van der Waals surface area contributed by atoms with Crippen LogP contribution in [0.3, 0.4) is 0 Å². The molecule has 1 aromatic carbocycles. The Morgan fingerprint density at radius 3 is 1.05 bits per heavy atom. The topological polar surface area (TPSA) is 0 Å². The highest BCUT2D eigenvalue weighted by Gasteiger charge is 2.29. The molecule has 0 amide bonds. The number of hydrogen-bond acceptors (Lipinski definition) is 1. The summed E-state index contributed by atoms with van der Waals surface area (Å²) in [5.41, 5.74) is 6.28.